The van der Waals surface area contributed by atoms with E-state index in [9.17, 15) is 9.18 Å². The molecule has 19 heavy (non-hydrogen) atoms. The normalized spacial score (nSPS) is 11.1. The Morgan fingerprint density at radius 2 is 2.00 bits per heavy atom. The molecule has 1 heterocycles. The lowest BCUT2D eigenvalue weighted by Gasteiger charge is -2.04. The highest BCUT2D eigenvalue weighted by Gasteiger charge is 2.09. The molecule has 0 bridgehead atoms. The van der Waals surface area contributed by atoms with Gasteiger partial charge in [0.15, 0.2) is 5.58 Å². The number of nitrogens with zero attached hydrogens (tertiary/aromatic N) is 1. The quantitative estimate of drug-likeness (QED) is 0.723. The number of oxazole rings is 1. The van der Waals surface area contributed by atoms with E-state index in [-0.39, 0.29) is 5.82 Å². The van der Waals surface area contributed by atoms with Gasteiger partial charge in [-0.2, -0.15) is 0 Å². The van der Waals surface area contributed by atoms with Crippen molar-refractivity contribution in [3.63, 3.8) is 0 Å². The second-order valence-electron chi connectivity index (χ2n) is 4.17. The van der Waals surface area contributed by atoms with E-state index < -0.39 is 5.76 Å². The van der Waals surface area contributed by atoms with Crippen LogP contribution in [0.4, 0.5) is 4.39 Å². The minimum absolute atomic E-state index is 0.326. The summed E-state index contributed by atoms with van der Waals surface area (Å²) in [7, 11) is 0. The Hall–Kier alpha value is -1.88. The van der Waals surface area contributed by atoms with Crippen molar-refractivity contribution in [3.05, 3.63) is 68.9 Å². The van der Waals surface area contributed by atoms with Crippen molar-refractivity contribution < 1.29 is 8.81 Å². The van der Waals surface area contributed by atoms with Crippen LogP contribution in [0, 0.1) is 5.82 Å². The Labute approximate surface area is 116 Å². The second kappa shape index (κ2) is 4.66. The number of benzene rings is 2. The van der Waals surface area contributed by atoms with Gasteiger partial charge in [-0.15, -0.1) is 0 Å². The second-order valence-corrected chi connectivity index (χ2v) is 5.02. The summed E-state index contributed by atoms with van der Waals surface area (Å²) in [6.07, 6.45) is 0. The van der Waals surface area contributed by atoms with Crippen LogP contribution in [-0.4, -0.2) is 4.57 Å². The highest BCUT2D eigenvalue weighted by Crippen LogP contribution is 2.19. The average Bonchev–Trinajstić information content (AvgIpc) is 2.71. The molecular formula is C14H9BrFNO2. The summed E-state index contributed by atoms with van der Waals surface area (Å²) in [6.45, 7) is 0.342. The Morgan fingerprint density at radius 1 is 1.21 bits per heavy atom. The summed E-state index contributed by atoms with van der Waals surface area (Å²) >= 11 is 3.13. The zero-order valence-electron chi connectivity index (χ0n) is 9.77. The molecule has 0 saturated carbocycles. The number of fused-ring (bicyclic) bond motifs is 1. The molecule has 1 aromatic heterocycles. The zero-order valence-corrected chi connectivity index (χ0v) is 11.4. The van der Waals surface area contributed by atoms with Gasteiger partial charge in [0.2, 0.25) is 0 Å². The molecule has 0 aliphatic carbocycles. The molecule has 0 unspecified atom stereocenters. The minimum Gasteiger partial charge on any atom is -0.408 e. The van der Waals surface area contributed by atoms with Crippen LogP contribution in [0.3, 0.4) is 0 Å². The molecule has 0 aliphatic heterocycles. The lowest BCUT2D eigenvalue weighted by molar-refractivity contribution is 0.517. The molecule has 0 saturated heterocycles. The fourth-order valence-corrected chi connectivity index (χ4v) is 2.41. The molecule has 0 radical (unpaired) electrons. The summed E-state index contributed by atoms with van der Waals surface area (Å²) < 4.78 is 20.2. The molecule has 3 nitrogen and oxygen atoms in total. The molecule has 2 aromatic carbocycles. The molecule has 0 N–H and O–H groups in total. The fourth-order valence-electron chi connectivity index (χ4n) is 1.98. The van der Waals surface area contributed by atoms with Crippen molar-refractivity contribution in [3.8, 4) is 0 Å². The van der Waals surface area contributed by atoms with Crippen molar-refractivity contribution in [2.24, 2.45) is 0 Å². The Bertz CT molecular complexity index is 807. The molecule has 0 amide bonds. The lowest BCUT2D eigenvalue weighted by atomic mass is 10.2. The molecule has 3 rings (SSSR count). The van der Waals surface area contributed by atoms with E-state index >= 15 is 0 Å². The van der Waals surface area contributed by atoms with Crippen molar-refractivity contribution in [2.45, 2.75) is 6.54 Å². The molecule has 0 fully saturated rings. The van der Waals surface area contributed by atoms with Gasteiger partial charge < -0.3 is 4.42 Å². The first-order valence-electron chi connectivity index (χ1n) is 5.67. The van der Waals surface area contributed by atoms with Gasteiger partial charge in [0.25, 0.3) is 0 Å². The maximum Gasteiger partial charge on any atom is 0.420 e. The van der Waals surface area contributed by atoms with Gasteiger partial charge in [-0.3, -0.25) is 4.57 Å². The van der Waals surface area contributed by atoms with Crippen molar-refractivity contribution >= 4 is 27.0 Å². The maximum absolute atomic E-state index is 13.2. The van der Waals surface area contributed by atoms with Gasteiger partial charge in [0, 0.05) is 0 Å². The number of rotatable bonds is 2. The Morgan fingerprint density at radius 3 is 2.79 bits per heavy atom. The van der Waals surface area contributed by atoms with E-state index in [0.717, 1.165) is 11.1 Å². The van der Waals surface area contributed by atoms with Crippen LogP contribution in [0.1, 0.15) is 5.56 Å². The molecule has 0 atom stereocenters. The fraction of sp³-hybridized carbons (Fsp3) is 0.0714. The third-order valence-corrected chi connectivity index (χ3v) is 3.51. The molecule has 0 spiro atoms. The number of hydrogen-bond donors (Lipinski definition) is 0. The zero-order chi connectivity index (χ0) is 13.4. The van der Waals surface area contributed by atoms with Gasteiger partial charge in [0.05, 0.1) is 16.5 Å². The predicted molar refractivity (Wildman–Crippen MR) is 73.7 cm³/mol. The number of hydrogen-bond acceptors (Lipinski definition) is 2. The predicted octanol–water partition coefficient (Wildman–Crippen LogP) is 3.54. The van der Waals surface area contributed by atoms with Crippen LogP contribution in [0.15, 0.2) is 56.1 Å². The van der Waals surface area contributed by atoms with Crippen molar-refractivity contribution in [2.75, 3.05) is 0 Å². The van der Waals surface area contributed by atoms with Crippen LogP contribution in [0.2, 0.25) is 0 Å². The first-order chi connectivity index (χ1) is 9.15. The third kappa shape index (κ3) is 2.21. The molecule has 5 heteroatoms. The van der Waals surface area contributed by atoms with Gasteiger partial charge in [0.1, 0.15) is 5.82 Å². The first-order valence-corrected chi connectivity index (χ1v) is 6.47. The summed E-state index contributed by atoms with van der Waals surface area (Å²) in [5, 5.41) is 0. The minimum atomic E-state index is -0.415. The standard InChI is InChI=1S/C14H9BrFNO2/c15-10-7-9(5-6-11(10)16)8-17-12-3-1-2-4-13(12)19-14(17)18/h1-7H,8H2. The highest BCUT2D eigenvalue weighted by molar-refractivity contribution is 9.10. The van der Waals surface area contributed by atoms with E-state index in [0.29, 0.717) is 16.6 Å². The van der Waals surface area contributed by atoms with E-state index in [4.69, 9.17) is 4.42 Å². The summed E-state index contributed by atoms with van der Waals surface area (Å²) in [5.41, 5.74) is 2.10. The van der Waals surface area contributed by atoms with Crippen LogP contribution >= 0.6 is 15.9 Å². The van der Waals surface area contributed by atoms with Gasteiger partial charge in [-0.1, -0.05) is 18.2 Å². The average molecular weight is 322 g/mol. The molecule has 96 valence electrons. The third-order valence-electron chi connectivity index (χ3n) is 2.90. The van der Waals surface area contributed by atoms with Crippen LogP contribution in [0.5, 0.6) is 0 Å². The molecular weight excluding hydrogens is 313 g/mol. The maximum atomic E-state index is 13.2. The number of aromatic nitrogens is 1. The van der Waals surface area contributed by atoms with Crippen LogP contribution in [-0.2, 0) is 6.54 Å². The molecule has 0 aliphatic rings. The topological polar surface area (TPSA) is 35.1 Å². The van der Waals surface area contributed by atoms with Gasteiger partial charge in [-0.05, 0) is 45.8 Å². The number of halogens is 2. The van der Waals surface area contributed by atoms with Crippen molar-refractivity contribution in [1.29, 1.82) is 0 Å². The molecule has 3 aromatic rings. The summed E-state index contributed by atoms with van der Waals surface area (Å²) in [4.78, 5) is 11.8. The highest BCUT2D eigenvalue weighted by atomic mass is 79.9. The number of para-hydroxylation sites is 2. The van der Waals surface area contributed by atoms with Crippen LogP contribution in [0.25, 0.3) is 11.1 Å². The smallest absolute Gasteiger partial charge is 0.408 e. The van der Waals surface area contributed by atoms with E-state index in [1.54, 1.807) is 18.2 Å². The Kier molecular flexibility index (Phi) is 2.98. The lowest BCUT2D eigenvalue weighted by Crippen LogP contribution is -2.14. The first kappa shape index (κ1) is 12.2. The van der Waals surface area contributed by atoms with E-state index in [1.807, 2.05) is 18.2 Å². The monoisotopic (exact) mass is 321 g/mol. The largest absolute Gasteiger partial charge is 0.420 e. The SMILES string of the molecule is O=c1oc2ccccc2n1Cc1ccc(F)c(Br)c1. The Balaban J connectivity index is 2.08. The van der Waals surface area contributed by atoms with Gasteiger partial charge in [-0.25, -0.2) is 9.18 Å². The summed E-state index contributed by atoms with van der Waals surface area (Å²) in [6, 6.07) is 11.9. The van der Waals surface area contributed by atoms with Crippen LogP contribution < -0.4 is 5.76 Å². The van der Waals surface area contributed by atoms with E-state index in [1.165, 1.54) is 10.6 Å². The van der Waals surface area contributed by atoms with Gasteiger partial charge >= 0.3 is 5.76 Å². The van der Waals surface area contributed by atoms with Crippen molar-refractivity contribution in [1.82, 2.24) is 4.57 Å². The van der Waals surface area contributed by atoms with E-state index in [2.05, 4.69) is 15.9 Å². The summed E-state index contributed by atoms with van der Waals surface area (Å²) in [5.74, 6) is -0.741.